The summed E-state index contributed by atoms with van der Waals surface area (Å²) >= 11 is 0. The molecule has 27 heavy (non-hydrogen) atoms. The van der Waals surface area contributed by atoms with Crippen molar-refractivity contribution in [3.8, 4) is 0 Å². The van der Waals surface area contributed by atoms with Crippen molar-refractivity contribution < 1.29 is 31.1 Å². The molecule has 0 unspecified atom stereocenters. The highest BCUT2D eigenvalue weighted by Crippen LogP contribution is 2.30. The second-order valence-corrected chi connectivity index (χ2v) is 5.79. The van der Waals surface area contributed by atoms with Gasteiger partial charge in [0.15, 0.2) is 5.82 Å². The number of hydrogen-bond donors (Lipinski definition) is 0. The smallest absolute Gasteiger partial charge is 0.327 e. The van der Waals surface area contributed by atoms with Crippen LogP contribution < -0.4 is 0 Å². The Morgan fingerprint density at radius 1 is 1.30 bits per heavy atom. The van der Waals surface area contributed by atoms with Gasteiger partial charge in [0.1, 0.15) is 12.2 Å². The summed E-state index contributed by atoms with van der Waals surface area (Å²) in [4.78, 5) is 16.3. The molecule has 1 aliphatic rings. The lowest BCUT2D eigenvalue weighted by atomic mass is 10.1. The van der Waals surface area contributed by atoms with Gasteiger partial charge in [0.2, 0.25) is 5.91 Å². The largest absolute Gasteiger partial charge is 0.416 e. The monoisotopic (exact) mass is 392 g/mol. The average molecular weight is 392 g/mol. The van der Waals surface area contributed by atoms with Gasteiger partial charge in [0, 0.05) is 12.3 Å². The van der Waals surface area contributed by atoms with E-state index in [0.29, 0.717) is 6.08 Å². The molecule has 1 fully saturated rings. The van der Waals surface area contributed by atoms with Crippen LogP contribution in [0.4, 0.5) is 26.3 Å². The van der Waals surface area contributed by atoms with Gasteiger partial charge in [-0.2, -0.15) is 13.2 Å². The number of aromatic nitrogens is 3. The van der Waals surface area contributed by atoms with Crippen LogP contribution in [-0.2, 0) is 4.79 Å². The van der Waals surface area contributed by atoms with Crippen LogP contribution in [0.1, 0.15) is 12.7 Å². The molecule has 0 N–H and O–H groups in total. The zero-order valence-corrected chi connectivity index (χ0v) is 14.0. The zero-order valence-electron chi connectivity index (χ0n) is 14.0. The van der Waals surface area contributed by atoms with Gasteiger partial charge in [-0.05, 0) is 24.6 Å². The molecule has 0 atom stereocenters. The molecule has 0 radical (unpaired) electrons. The van der Waals surface area contributed by atoms with Gasteiger partial charge >= 0.3 is 6.18 Å². The number of alkyl halides is 5. The standard InChI is InChI=1S/C16H14F6N4O/c1-10(5-12(6-11(2)17)16(20,21)22)14-23-9-26(24-14)4-3-13(27)25-7-15(18,19)8-25/h3-6,9H,2,7-8H2,1H3/b4-3-,10-5+,12-6+. The van der Waals surface area contributed by atoms with Gasteiger partial charge in [0.05, 0.1) is 18.7 Å². The highest BCUT2D eigenvalue weighted by Gasteiger charge is 2.45. The van der Waals surface area contributed by atoms with Crippen molar-refractivity contribution >= 4 is 17.7 Å². The van der Waals surface area contributed by atoms with E-state index in [2.05, 4.69) is 16.7 Å². The Labute approximate surface area is 150 Å². The summed E-state index contributed by atoms with van der Waals surface area (Å²) in [6, 6.07) is 0. The van der Waals surface area contributed by atoms with E-state index < -0.39 is 42.5 Å². The van der Waals surface area contributed by atoms with E-state index in [4.69, 9.17) is 0 Å². The van der Waals surface area contributed by atoms with Crippen LogP contribution in [0.15, 0.2) is 42.5 Å². The summed E-state index contributed by atoms with van der Waals surface area (Å²) in [5.41, 5.74) is -1.28. The maximum absolute atomic E-state index is 12.9. The van der Waals surface area contributed by atoms with Crippen molar-refractivity contribution in [2.45, 2.75) is 19.0 Å². The second-order valence-electron chi connectivity index (χ2n) is 5.79. The second kappa shape index (κ2) is 7.41. The van der Waals surface area contributed by atoms with Gasteiger partial charge in [0.25, 0.3) is 5.92 Å². The number of carbonyl (C=O) groups is 1. The van der Waals surface area contributed by atoms with Crippen molar-refractivity contribution in [2.24, 2.45) is 0 Å². The molecule has 1 aromatic rings. The average Bonchev–Trinajstić information content (AvgIpc) is 2.97. The molecular formula is C16H14F6N4O. The van der Waals surface area contributed by atoms with Gasteiger partial charge in [-0.1, -0.05) is 6.58 Å². The van der Waals surface area contributed by atoms with Gasteiger partial charge in [-0.25, -0.2) is 22.8 Å². The van der Waals surface area contributed by atoms with Crippen LogP contribution >= 0.6 is 0 Å². The Hall–Kier alpha value is -2.85. The van der Waals surface area contributed by atoms with Gasteiger partial charge in [-0.15, -0.1) is 5.10 Å². The fourth-order valence-corrected chi connectivity index (χ4v) is 2.11. The normalized spacial score (nSPS) is 18.0. The molecule has 1 aliphatic heterocycles. The van der Waals surface area contributed by atoms with Crippen molar-refractivity contribution in [1.82, 2.24) is 19.7 Å². The number of amides is 1. The minimum absolute atomic E-state index is 0.0133. The van der Waals surface area contributed by atoms with Crippen LogP contribution in [-0.4, -0.2) is 50.8 Å². The molecule has 0 bridgehead atoms. The summed E-state index contributed by atoms with van der Waals surface area (Å²) in [6.45, 7) is 2.71. The van der Waals surface area contributed by atoms with Crippen LogP contribution in [0, 0.1) is 0 Å². The molecular weight excluding hydrogens is 378 g/mol. The first-order chi connectivity index (χ1) is 12.4. The molecule has 0 spiro atoms. The SMILES string of the molecule is C=C(F)/C=C(\C=C(/C)c1ncn(/C=C\C(=O)N2CC(F)(F)C2)n1)C(F)(F)F. The van der Waals surface area contributed by atoms with E-state index in [9.17, 15) is 31.1 Å². The lowest BCUT2D eigenvalue weighted by molar-refractivity contribution is -0.160. The molecule has 1 aromatic heterocycles. The highest BCUT2D eigenvalue weighted by molar-refractivity contribution is 5.90. The molecule has 0 aromatic carbocycles. The maximum Gasteiger partial charge on any atom is 0.416 e. The summed E-state index contributed by atoms with van der Waals surface area (Å²) in [7, 11) is 0. The first kappa shape index (κ1) is 20.5. The number of carbonyl (C=O) groups excluding carboxylic acids is 1. The van der Waals surface area contributed by atoms with Crippen LogP contribution in [0.2, 0.25) is 0 Å². The van der Waals surface area contributed by atoms with Gasteiger partial charge in [-0.3, -0.25) is 4.79 Å². The minimum Gasteiger partial charge on any atom is -0.327 e. The summed E-state index contributed by atoms with van der Waals surface area (Å²) in [6.07, 6.45) is -0.673. The first-order valence-electron chi connectivity index (χ1n) is 7.45. The van der Waals surface area contributed by atoms with Crippen LogP contribution in [0.3, 0.4) is 0 Å². The molecule has 2 heterocycles. The third kappa shape index (κ3) is 5.56. The number of nitrogens with zero attached hydrogens (tertiary/aromatic N) is 4. The van der Waals surface area contributed by atoms with Crippen LogP contribution in [0.5, 0.6) is 0 Å². The molecule has 0 saturated carbocycles. The lowest BCUT2D eigenvalue weighted by Crippen LogP contribution is -2.58. The van der Waals surface area contributed by atoms with E-state index in [1.165, 1.54) is 6.92 Å². The Morgan fingerprint density at radius 2 is 1.93 bits per heavy atom. The lowest BCUT2D eigenvalue weighted by Gasteiger charge is -2.37. The summed E-state index contributed by atoms with van der Waals surface area (Å²) in [5.74, 6) is -4.90. The Balaban J connectivity index is 2.11. The van der Waals surface area contributed by atoms with Crippen molar-refractivity contribution in [3.63, 3.8) is 0 Å². The molecule has 1 amide bonds. The molecule has 2 rings (SSSR count). The molecule has 1 saturated heterocycles. The van der Waals surface area contributed by atoms with Crippen molar-refractivity contribution in [3.05, 3.63) is 48.4 Å². The fraction of sp³-hybridized carbons (Fsp3) is 0.312. The number of rotatable bonds is 5. The van der Waals surface area contributed by atoms with E-state index in [-0.39, 0.29) is 17.5 Å². The highest BCUT2D eigenvalue weighted by atomic mass is 19.4. The van der Waals surface area contributed by atoms with E-state index in [0.717, 1.165) is 28.2 Å². The Bertz CT molecular complexity index is 826. The fourth-order valence-electron chi connectivity index (χ4n) is 2.11. The third-order valence-electron chi connectivity index (χ3n) is 3.40. The Kier molecular flexibility index (Phi) is 5.62. The first-order valence-corrected chi connectivity index (χ1v) is 7.45. The number of hydrogen-bond acceptors (Lipinski definition) is 3. The number of halogens is 6. The predicted molar refractivity (Wildman–Crippen MR) is 84.9 cm³/mol. The summed E-state index contributed by atoms with van der Waals surface area (Å²) in [5, 5.41) is 3.85. The Morgan fingerprint density at radius 3 is 2.44 bits per heavy atom. The van der Waals surface area contributed by atoms with Gasteiger partial charge < -0.3 is 4.90 Å². The van der Waals surface area contributed by atoms with E-state index in [1.807, 2.05) is 0 Å². The van der Waals surface area contributed by atoms with Crippen LogP contribution in [0.25, 0.3) is 11.8 Å². The topological polar surface area (TPSA) is 51.0 Å². The molecule has 146 valence electrons. The minimum atomic E-state index is -4.80. The molecule has 0 aliphatic carbocycles. The molecule has 11 heteroatoms. The third-order valence-corrected chi connectivity index (χ3v) is 3.40. The predicted octanol–water partition coefficient (Wildman–Crippen LogP) is 3.60. The van der Waals surface area contributed by atoms with Crippen molar-refractivity contribution in [1.29, 1.82) is 0 Å². The quantitative estimate of drug-likeness (QED) is 0.437. The van der Waals surface area contributed by atoms with E-state index in [1.54, 1.807) is 0 Å². The van der Waals surface area contributed by atoms with Crippen molar-refractivity contribution in [2.75, 3.05) is 13.1 Å². The number of likely N-dealkylation sites (tertiary alicyclic amines) is 1. The molecule has 5 nitrogen and oxygen atoms in total. The number of allylic oxidation sites excluding steroid dienone is 5. The maximum atomic E-state index is 12.9. The van der Waals surface area contributed by atoms with E-state index >= 15 is 0 Å². The zero-order chi connectivity index (χ0) is 20.4. The summed E-state index contributed by atoms with van der Waals surface area (Å²) < 4.78 is 77.8.